The predicted molar refractivity (Wildman–Crippen MR) is 244 cm³/mol. The van der Waals surface area contributed by atoms with Crippen LogP contribution in [-0.2, 0) is 0 Å². The zero-order chi connectivity index (χ0) is 38.9. The van der Waals surface area contributed by atoms with Gasteiger partial charge < -0.3 is 13.7 Å². The molecule has 276 valence electrons. The average molecular weight is 754 g/mol. The number of nitrogens with zero attached hydrogens (tertiary/aromatic N) is 5. The molecule has 0 unspecified atom stereocenters. The first-order valence-electron chi connectivity index (χ1n) is 20.0. The second-order valence-corrected chi connectivity index (χ2v) is 15.1. The molecule has 0 atom stereocenters. The Hall–Kier alpha value is -8.02. The lowest BCUT2D eigenvalue weighted by molar-refractivity contribution is 1.13. The van der Waals surface area contributed by atoms with E-state index < -0.39 is 0 Å². The fourth-order valence-electron chi connectivity index (χ4n) is 8.98. The van der Waals surface area contributed by atoms with Gasteiger partial charge in [0, 0.05) is 66.9 Å². The molecule has 5 heteroatoms. The molecule has 0 saturated carbocycles. The van der Waals surface area contributed by atoms with Gasteiger partial charge >= 0.3 is 0 Å². The minimum absolute atomic E-state index is 0.679. The van der Waals surface area contributed by atoms with Crippen LogP contribution in [0.3, 0.4) is 0 Å². The molecule has 0 radical (unpaired) electrons. The summed E-state index contributed by atoms with van der Waals surface area (Å²) in [7, 11) is 0. The number of benzene rings is 8. The monoisotopic (exact) mass is 753 g/mol. The minimum atomic E-state index is 0.679. The van der Waals surface area contributed by atoms with Crippen LogP contribution in [0.25, 0.3) is 105 Å². The highest BCUT2D eigenvalue weighted by molar-refractivity contribution is 6.25. The second-order valence-electron chi connectivity index (χ2n) is 15.1. The quantitative estimate of drug-likeness (QED) is 0.170. The van der Waals surface area contributed by atoms with Gasteiger partial charge in [-0.1, -0.05) is 140 Å². The molecular weight excluding hydrogens is 719 g/mol. The van der Waals surface area contributed by atoms with E-state index in [1.165, 1.54) is 43.5 Å². The van der Waals surface area contributed by atoms with Gasteiger partial charge in [-0.3, -0.25) is 0 Å². The molecule has 0 amide bonds. The summed E-state index contributed by atoms with van der Waals surface area (Å²) >= 11 is 0. The van der Waals surface area contributed by atoms with Gasteiger partial charge in [0.25, 0.3) is 0 Å². The van der Waals surface area contributed by atoms with Crippen LogP contribution in [0.4, 0.5) is 0 Å². The predicted octanol–water partition coefficient (Wildman–Crippen LogP) is 13.6. The van der Waals surface area contributed by atoms with E-state index in [9.17, 15) is 0 Å². The lowest BCUT2D eigenvalue weighted by Gasteiger charge is -2.14. The Morgan fingerprint density at radius 3 is 1.54 bits per heavy atom. The normalized spacial score (nSPS) is 11.7. The Bertz CT molecular complexity index is 3470. The van der Waals surface area contributed by atoms with Crippen LogP contribution in [0.5, 0.6) is 0 Å². The number of hydrogen-bond acceptors (Lipinski definition) is 2. The van der Waals surface area contributed by atoms with Gasteiger partial charge in [-0.15, -0.1) is 0 Å². The van der Waals surface area contributed by atoms with E-state index in [1.54, 1.807) is 0 Å². The fourth-order valence-corrected chi connectivity index (χ4v) is 8.98. The van der Waals surface area contributed by atoms with E-state index in [4.69, 9.17) is 9.97 Å². The van der Waals surface area contributed by atoms with Crippen LogP contribution in [0.1, 0.15) is 0 Å². The van der Waals surface area contributed by atoms with Gasteiger partial charge in [-0.05, 0) is 66.7 Å². The standard InChI is InChI=1S/C54H35N5/c1-5-16-36(17-6-1)47-35-48(37-18-7-2-8-19-37)56-54(55-47)39-20-15-25-42(32-39)59-51-33-38-30-31-57(40-21-9-3-10-22-40)50(38)34-46(51)45-29-28-44-43-26-13-14-27-49(43)58(52(44)53(45)59)41-23-11-4-12-24-41/h1-35H. The highest BCUT2D eigenvalue weighted by Crippen LogP contribution is 2.43. The number of aromatic nitrogens is 5. The van der Waals surface area contributed by atoms with Crippen molar-refractivity contribution in [2.75, 3.05) is 0 Å². The van der Waals surface area contributed by atoms with Crippen molar-refractivity contribution in [3.05, 3.63) is 212 Å². The SMILES string of the molecule is c1ccc(-c2cc(-c3ccccc3)nc(-c3cccc(-n4c5cc6ccn(-c7ccccc7)c6cc5c5ccc6c7ccccc7n(-c7ccccc7)c6c54)c3)n2)cc1. The van der Waals surface area contributed by atoms with Crippen molar-refractivity contribution < 1.29 is 0 Å². The van der Waals surface area contributed by atoms with E-state index in [-0.39, 0.29) is 0 Å². The van der Waals surface area contributed by atoms with Gasteiger partial charge in [0.1, 0.15) is 0 Å². The third-order valence-corrected chi connectivity index (χ3v) is 11.6. The summed E-state index contributed by atoms with van der Waals surface area (Å²) in [6.07, 6.45) is 2.18. The lowest BCUT2D eigenvalue weighted by Crippen LogP contribution is -2.00. The summed E-state index contributed by atoms with van der Waals surface area (Å²) < 4.78 is 7.20. The zero-order valence-electron chi connectivity index (χ0n) is 31.9. The summed E-state index contributed by atoms with van der Waals surface area (Å²) in [6, 6.07) is 73.3. The zero-order valence-corrected chi connectivity index (χ0v) is 31.9. The first-order valence-corrected chi connectivity index (χ1v) is 20.0. The molecule has 0 aliphatic heterocycles. The Morgan fingerprint density at radius 1 is 0.322 bits per heavy atom. The van der Waals surface area contributed by atoms with E-state index in [0.717, 1.165) is 56.2 Å². The summed E-state index contributed by atoms with van der Waals surface area (Å²) in [5.41, 5.74) is 13.9. The number of para-hydroxylation sites is 3. The van der Waals surface area contributed by atoms with Crippen LogP contribution in [0.15, 0.2) is 212 Å². The maximum atomic E-state index is 5.22. The van der Waals surface area contributed by atoms with Crippen molar-refractivity contribution in [2.24, 2.45) is 0 Å². The summed E-state index contributed by atoms with van der Waals surface area (Å²) in [4.78, 5) is 10.4. The van der Waals surface area contributed by atoms with Gasteiger partial charge in [-0.25, -0.2) is 9.97 Å². The molecule has 0 fully saturated rings. The average Bonchev–Trinajstić information content (AvgIpc) is 3.99. The van der Waals surface area contributed by atoms with Gasteiger partial charge in [0.05, 0.1) is 39.0 Å². The first-order chi connectivity index (χ1) is 29.3. The molecule has 59 heavy (non-hydrogen) atoms. The van der Waals surface area contributed by atoms with Crippen molar-refractivity contribution in [3.8, 4) is 51.0 Å². The molecule has 0 N–H and O–H groups in total. The highest BCUT2D eigenvalue weighted by Gasteiger charge is 2.23. The van der Waals surface area contributed by atoms with E-state index in [1.807, 2.05) is 12.1 Å². The third kappa shape index (κ3) is 5.33. The van der Waals surface area contributed by atoms with Crippen LogP contribution in [-0.4, -0.2) is 23.7 Å². The lowest BCUT2D eigenvalue weighted by atomic mass is 10.1. The maximum Gasteiger partial charge on any atom is 0.160 e. The largest absolute Gasteiger partial charge is 0.317 e. The van der Waals surface area contributed by atoms with Crippen molar-refractivity contribution in [1.29, 1.82) is 0 Å². The molecule has 0 saturated heterocycles. The Kier molecular flexibility index (Phi) is 7.47. The Labute approximate surface area is 340 Å². The molecule has 8 aromatic carbocycles. The Balaban J connectivity index is 1.18. The van der Waals surface area contributed by atoms with Crippen molar-refractivity contribution in [1.82, 2.24) is 23.7 Å². The number of fused-ring (bicyclic) bond motifs is 8. The van der Waals surface area contributed by atoms with Gasteiger partial charge in [0.2, 0.25) is 0 Å². The summed E-state index contributed by atoms with van der Waals surface area (Å²) in [6.45, 7) is 0. The minimum Gasteiger partial charge on any atom is -0.317 e. The first kappa shape index (κ1) is 33.2. The molecule has 12 aromatic rings. The van der Waals surface area contributed by atoms with E-state index in [0.29, 0.717) is 5.82 Å². The molecule has 4 heterocycles. The van der Waals surface area contributed by atoms with Crippen LogP contribution < -0.4 is 0 Å². The molecule has 0 aliphatic rings. The molecule has 0 aliphatic carbocycles. The molecular formula is C54H35N5. The van der Waals surface area contributed by atoms with E-state index >= 15 is 0 Å². The summed E-state index contributed by atoms with van der Waals surface area (Å²) in [5, 5.41) is 5.98. The molecule has 4 aromatic heterocycles. The van der Waals surface area contributed by atoms with Crippen molar-refractivity contribution >= 4 is 54.5 Å². The molecule has 12 rings (SSSR count). The Morgan fingerprint density at radius 2 is 0.864 bits per heavy atom. The topological polar surface area (TPSA) is 40.6 Å². The second kappa shape index (κ2) is 13.3. The fraction of sp³-hybridized carbons (Fsp3) is 0. The van der Waals surface area contributed by atoms with Crippen LogP contribution in [0.2, 0.25) is 0 Å². The molecule has 0 spiro atoms. The molecule has 5 nitrogen and oxygen atoms in total. The van der Waals surface area contributed by atoms with Gasteiger partial charge in [-0.2, -0.15) is 0 Å². The van der Waals surface area contributed by atoms with E-state index in [2.05, 4.69) is 214 Å². The number of hydrogen-bond donors (Lipinski definition) is 0. The van der Waals surface area contributed by atoms with Crippen LogP contribution in [0, 0.1) is 0 Å². The number of rotatable bonds is 6. The summed E-state index contributed by atoms with van der Waals surface area (Å²) in [5.74, 6) is 0.679. The van der Waals surface area contributed by atoms with Crippen molar-refractivity contribution in [2.45, 2.75) is 0 Å². The third-order valence-electron chi connectivity index (χ3n) is 11.6. The van der Waals surface area contributed by atoms with Crippen molar-refractivity contribution in [3.63, 3.8) is 0 Å². The molecule has 0 bridgehead atoms. The van der Waals surface area contributed by atoms with Gasteiger partial charge in [0.15, 0.2) is 5.82 Å². The smallest absolute Gasteiger partial charge is 0.160 e. The van der Waals surface area contributed by atoms with Crippen LogP contribution >= 0.6 is 0 Å². The highest BCUT2D eigenvalue weighted by atomic mass is 15.0. The maximum absolute atomic E-state index is 5.22.